The summed E-state index contributed by atoms with van der Waals surface area (Å²) in [7, 11) is 0. The van der Waals surface area contributed by atoms with Gasteiger partial charge in [0.25, 0.3) is 11.8 Å². The summed E-state index contributed by atoms with van der Waals surface area (Å²) in [5.74, 6) is -0.575. The molecule has 0 saturated carbocycles. The van der Waals surface area contributed by atoms with Crippen LogP contribution in [0.4, 0.5) is 5.69 Å². The molecule has 3 rings (SSSR count). The largest absolute Gasteiger partial charge is 0.338 e. The molecule has 5 nitrogen and oxygen atoms in total. The topological polar surface area (TPSA) is 64.4 Å². The van der Waals surface area contributed by atoms with Gasteiger partial charge in [0, 0.05) is 24.7 Å². The maximum absolute atomic E-state index is 12.9. The van der Waals surface area contributed by atoms with Crippen LogP contribution >= 0.6 is 0 Å². The molecule has 1 saturated heterocycles. The highest BCUT2D eigenvalue weighted by Gasteiger charge is 2.38. The average Bonchev–Trinajstić information content (AvgIpc) is 2.89. The maximum Gasteiger partial charge on any atom is 0.265 e. The Morgan fingerprint density at radius 1 is 1.17 bits per heavy atom. The second-order valence-electron chi connectivity index (χ2n) is 6.50. The van der Waals surface area contributed by atoms with Crippen molar-refractivity contribution >= 4 is 23.1 Å². The Morgan fingerprint density at radius 2 is 1.83 bits per heavy atom. The van der Waals surface area contributed by atoms with E-state index in [1.54, 1.807) is 9.80 Å². The summed E-state index contributed by atoms with van der Waals surface area (Å²) in [6.07, 6.45) is 3.00. The monoisotopic (exact) mass is 323 g/mol. The fourth-order valence-electron chi connectivity index (χ4n) is 3.46. The SMILES string of the molecule is CC(C)N1C(=O)C(=C(C#N)C(=O)N2CCCCC2)c2ccccc21. The molecular weight excluding hydrogens is 302 g/mol. The van der Waals surface area contributed by atoms with Gasteiger partial charge in [0.05, 0.1) is 11.3 Å². The minimum Gasteiger partial charge on any atom is -0.338 e. The zero-order chi connectivity index (χ0) is 17.3. The van der Waals surface area contributed by atoms with Crippen LogP contribution in [-0.2, 0) is 9.59 Å². The van der Waals surface area contributed by atoms with Gasteiger partial charge in [-0.15, -0.1) is 0 Å². The highest BCUT2D eigenvalue weighted by atomic mass is 16.2. The molecule has 2 amide bonds. The fourth-order valence-corrected chi connectivity index (χ4v) is 3.46. The van der Waals surface area contributed by atoms with E-state index < -0.39 is 0 Å². The number of hydrogen-bond acceptors (Lipinski definition) is 3. The van der Waals surface area contributed by atoms with E-state index in [0.29, 0.717) is 18.7 Å². The van der Waals surface area contributed by atoms with Crippen LogP contribution in [0.1, 0.15) is 38.7 Å². The van der Waals surface area contributed by atoms with Crippen molar-refractivity contribution in [1.82, 2.24) is 4.90 Å². The number of anilines is 1. The van der Waals surface area contributed by atoms with Gasteiger partial charge in [-0.05, 0) is 39.2 Å². The first-order chi connectivity index (χ1) is 11.6. The average molecular weight is 323 g/mol. The summed E-state index contributed by atoms with van der Waals surface area (Å²) >= 11 is 0. The lowest BCUT2D eigenvalue weighted by atomic mass is 10.00. The Morgan fingerprint density at radius 3 is 2.46 bits per heavy atom. The zero-order valence-corrected chi connectivity index (χ0v) is 14.1. The lowest BCUT2D eigenvalue weighted by Gasteiger charge is -2.26. The Kier molecular flexibility index (Phi) is 4.39. The van der Waals surface area contributed by atoms with E-state index in [1.165, 1.54) is 0 Å². The van der Waals surface area contributed by atoms with E-state index >= 15 is 0 Å². The quantitative estimate of drug-likeness (QED) is 0.621. The predicted octanol–water partition coefficient (Wildman–Crippen LogP) is 2.73. The molecule has 0 atom stereocenters. The summed E-state index contributed by atoms with van der Waals surface area (Å²) in [5, 5.41) is 9.63. The number of rotatable bonds is 2. The van der Waals surface area contributed by atoms with Crippen LogP contribution in [0.3, 0.4) is 0 Å². The minimum absolute atomic E-state index is 0.0301. The number of piperidine rings is 1. The first-order valence-electron chi connectivity index (χ1n) is 8.43. The van der Waals surface area contributed by atoms with Crippen LogP contribution in [0.25, 0.3) is 5.57 Å². The summed E-state index contributed by atoms with van der Waals surface area (Å²) in [4.78, 5) is 29.1. The van der Waals surface area contributed by atoms with E-state index in [0.717, 1.165) is 24.9 Å². The van der Waals surface area contributed by atoms with Crippen LogP contribution in [0.15, 0.2) is 29.8 Å². The molecule has 0 unspecified atom stereocenters. The van der Waals surface area contributed by atoms with Gasteiger partial charge < -0.3 is 9.80 Å². The van der Waals surface area contributed by atoms with Gasteiger partial charge in [-0.2, -0.15) is 5.26 Å². The molecule has 2 aliphatic rings. The second kappa shape index (κ2) is 6.48. The summed E-state index contributed by atoms with van der Waals surface area (Å²) in [6.45, 7) is 5.16. The number of hydrogen-bond donors (Lipinski definition) is 0. The first kappa shape index (κ1) is 16.3. The zero-order valence-electron chi connectivity index (χ0n) is 14.1. The standard InChI is InChI=1S/C19H21N3O2/c1-13(2)22-16-9-5-4-8-14(16)17(19(22)24)15(12-20)18(23)21-10-6-3-7-11-21/h4-5,8-9,13H,3,6-7,10-11H2,1-2H3. The summed E-state index contributed by atoms with van der Waals surface area (Å²) in [5.41, 5.74) is 1.67. The molecule has 0 aliphatic carbocycles. The molecule has 1 aromatic carbocycles. The predicted molar refractivity (Wildman–Crippen MR) is 92.0 cm³/mol. The van der Waals surface area contributed by atoms with Crippen LogP contribution < -0.4 is 4.90 Å². The second-order valence-corrected chi connectivity index (χ2v) is 6.50. The minimum atomic E-state index is -0.319. The molecule has 2 aliphatic heterocycles. The number of nitriles is 1. The molecule has 24 heavy (non-hydrogen) atoms. The number of nitrogens with zero attached hydrogens (tertiary/aromatic N) is 3. The summed E-state index contributed by atoms with van der Waals surface area (Å²) < 4.78 is 0. The number of benzene rings is 1. The number of likely N-dealkylation sites (tertiary alicyclic amines) is 1. The van der Waals surface area contributed by atoms with Gasteiger partial charge in [-0.25, -0.2) is 0 Å². The highest BCUT2D eigenvalue weighted by molar-refractivity contribution is 6.37. The molecule has 0 bridgehead atoms. The molecule has 1 fully saturated rings. The van der Waals surface area contributed by atoms with Crippen LogP contribution in [0.5, 0.6) is 0 Å². The van der Waals surface area contributed by atoms with Crippen molar-refractivity contribution in [3.05, 3.63) is 35.4 Å². The maximum atomic E-state index is 12.9. The fraction of sp³-hybridized carbons (Fsp3) is 0.421. The molecule has 0 radical (unpaired) electrons. The number of fused-ring (bicyclic) bond motifs is 1. The van der Waals surface area contributed by atoms with Crippen LogP contribution in [0, 0.1) is 11.3 Å². The van der Waals surface area contributed by atoms with Gasteiger partial charge in [-0.3, -0.25) is 9.59 Å². The van der Waals surface area contributed by atoms with Crippen molar-refractivity contribution in [3.8, 4) is 6.07 Å². The number of para-hydroxylation sites is 1. The Balaban J connectivity index is 2.11. The normalized spacial score (nSPS) is 19.3. The molecule has 2 heterocycles. The van der Waals surface area contributed by atoms with Crippen molar-refractivity contribution < 1.29 is 9.59 Å². The Labute approximate surface area is 142 Å². The van der Waals surface area contributed by atoms with Gasteiger partial charge in [0.1, 0.15) is 11.6 Å². The molecular formula is C19H21N3O2. The third-order valence-corrected chi connectivity index (χ3v) is 4.60. The third kappa shape index (κ3) is 2.58. The van der Waals surface area contributed by atoms with Crippen molar-refractivity contribution in [2.24, 2.45) is 0 Å². The van der Waals surface area contributed by atoms with Gasteiger partial charge >= 0.3 is 0 Å². The van der Waals surface area contributed by atoms with Gasteiger partial charge in [0.2, 0.25) is 0 Å². The molecule has 0 aromatic heterocycles. The highest BCUT2D eigenvalue weighted by Crippen LogP contribution is 2.39. The van der Waals surface area contributed by atoms with E-state index in [-0.39, 0.29) is 29.0 Å². The van der Waals surface area contributed by atoms with Gasteiger partial charge in [-0.1, -0.05) is 18.2 Å². The molecule has 0 N–H and O–H groups in total. The molecule has 0 spiro atoms. The van der Waals surface area contributed by atoms with E-state index in [4.69, 9.17) is 0 Å². The third-order valence-electron chi connectivity index (χ3n) is 4.60. The smallest absolute Gasteiger partial charge is 0.265 e. The number of amides is 2. The van der Waals surface area contributed by atoms with E-state index in [2.05, 4.69) is 0 Å². The molecule has 124 valence electrons. The van der Waals surface area contributed by atoms with Crippen molar-refractivity contribution in [2.45, 2.75) is 39.2 Å². The van der Waals surface area contributed by atoms with Crippen molar-refractivity contribution in [2.75, 3.05) is 18.0 Å². The van der Waals surface area contributed by atoms with Gasteiger partial charge in [0.15, 0.2) is 0 Å². The van der Waals surface area contributed by atoms with Crippen LogP contribution in [-0.4, -0.2) is 35.8 Å². The van der Waals surface area contributed by atoms with Crippen molar-refractivity contribution in [3.63, 3.8) is 0 Å². The number of carbonyl (C=O) groups is 2. The Hall–Kier alpha value is -2.61. The lowest BCUT2D eigenvalue weighted by molar-refractivity contribution is -0.127. The molecule has 5 heteroatoms. The van der Waals surface area contributed by atoms with E-state index in [1.807, 2.05) is 44.2 Å². The van der Waals surface area contributed by atoms with Crippen LogP contribution in [0.2, 0.25) is 0 Å². The number of carbonyl (C=O) groups excluding carboxylic acids is 2. The van der Waals surface area contributed by atoms with Crippen molar-refractivity contribution in [1.29, 1.82) is 5.26 Å². The lowest BCUT2D eigenvalue weighted by Crippen LogP contribution is -2.38. The Bertz CT molecular complexity index is 752. The molecule has 1 aromatic rings. The van der Waals surface area contributed by atoms with E-state index in [9.17, 15) is 14.9 Å². The first-order valence-corrected chi connectivity index (χ1v) is 8.43. The summed E-state index contributed by atoms with van der Waals surface area (Å²) in [6, 6.07) is 9.34.